The van der Waals surface area contributed by atoms with Crippen LogP contribution >= 0.6 is 0 Å². The molecule has 0 atom stereocenters. The highest BCUT2D eigenvalue weighted by Crippen LogP contribution is 2.20. The maximum atomic E-state index is 12.1. The van der Waals surface area contributed by atoms with Crippen molar-refractivity contribution in [3.05, 3.63) is 82.7 Å². The van der Waals surface area contributed by atoms with Gasteiger partial charge in [-0.25, -0.2) is 5.43 Å². The van der Waals surface area contributed by atoms with Crippen LogP contribution in [-0.4, -0.2) is 21.8 Å². The second-order valence-electron chi connectivity index (χ2n) is 6.43. The van der Waals surface area contributed by atoms with Crippen molar-refractivity contribution in [1.29, 1.82) is 0 Å². The smallest absolute Gasteiger partial charge is 0.271 e. The second-order valence-corrected chi connectivity index (χ2v) is 6.43. The van der Waals surface area contributed by atoms with Crippen LogP contribution < -0.4 is 5.43 Å². The van der Waals surface area contributed by atoms with E-state index >= 15 is 0 Å². The molecule has 0 aliphatic heterocycles. The monoisotopic (exact) mass is 361 g/mol. The molecule has 0 saturated carbocycles. The molecule has 3 aromatic rings. The van der Waals surface area contributed by atoms with Gasteiger partial charge >= 0.3 is 0 Å². The number of aromatic hydroxyl groups is 1. The predicted octanol–water partition coefficient (Wildman–Crippen LogP) is 4.13. The molecule has 0 saturated heterocycles. The van der Waals surface area contributed by atoms with E-state index in [1.165, 1.54) is 17.7 Å². The second kappa shape index (κ2) is 7.91. The molecule has 5 nitrogen and oxygen atoms in total. The van der Waals surface area contributed by atoms with Crippen molar-refractivity contribution in [2.45, 2.75) is 27.2 Å². The Morgan fingerprint density at radius 3 is 2.56 bits per heavy atom. The number of nitrogens with zero attached hydrogens (tertiary/aromatic N) is 2. The minimum absolute atomic E-state index is 0.0456. The average Bonchev–Trinajstić information content (AvgIpc) is 2.95. The summed E-state index contributed by atoms with van der Waals surface area (Å²) in [5.74, 6) is -0.324. The van der Waals surface area contributed by atoms with Crippen molar-refractivity contribution in [2.24, 2.45) is 5.10 Å². The number of amides is 1. The molecule has 27 heavy (non-hydrogen) atoms. The van der Waals surface area contributed by atoms with Crippen LogP contribution in [0.15, 0.2) is 59.7 Å². The maximum Gasteiger partial charge on any atom is 0.271 e. The molecule has 3 rings (SSSR count). The zero-order chi connectivity index (χ0) is 19.4. The van der Waals surface area contributed by atoms with Crippen LogP contribution in [0.4, 0.5) is 0 Å². The van der Waals surface area contributed by atoms with Crippen molar-refractivity contribution < 1.29 is 9.90 Å². The van der Waals surface area contributed by atoms with Crippen LogP contribution in [0.3, 0.4) is 0 Å². The predicted molar refractivity (Wildman–Crippen MR) is 108 cm³/mol. The molecular weight excluding hydrogens is 338 g/mol. The van der Waals surface area contributed by atoms with Gasteiger partial charge in [-0.1, -0.05) is 25.1 Å². The molecule has 0 fully saturated rings. The molecule has 0 bridgehead atoms. The van der Waals surface area contributed by atoms with E-state index in [-0.39, 0.29) is 11.7 Å². The van der Waals surface area contributed by atoms with E-state index in [2.05, 4.69) is 46.3 Å². The fourth-order valence-corrected chi connectivity index (χ4v) is 3.07. The van der Waals surface area contributed by atoms with E-state index in [9.17, 15) is 9.90 Å². The first kappa shape index (κ1) is 18.5. The van der Waals surface area contributed by atoms with Gasteiger partial charge < -0.3 is 9.67 Å². The lowest BCUT2D eigenvalue weighted by Gasteiger charge is -2.10. The third-order valence-corrected chi connectivity index (χ3v) is 4.55. The van der Waals surface area contributed by atoms with E-state index in [1.807, 2.05) is 19.9 Å². The zero-order valence-electron chi connectivity index (χ0n) is 15.7. The zero-order valence-corrected chi connectivity index (χ0v) is 15.7. The molecule has 0 unspecified atom stereocenters. The number of phenolic OH excluding ortho intramolecular Hbond substituents is 1. The lowest BCUT2D eigenvalue weighted by atomic mass is 10.1. The van der Waals surface area contributed by atoms with Crippen LogP contribution in [0.1, 0.15) is 39.8 Å². The quantitative estimate of drug-likeness (QED) is 0.530. The molecule has 1 amide bonds. The molecule has 2 aromatic carbocycles. The van der Waals surface area contributed by atoms with Crippen molar-refractivity contribution >= 4 is 12.1 Å². The summed E-state index contributed by atoms with van der Waals surface area (Å²) in [6.07, 6.45) is 2.65. The number of carbonyl (C=O) groups is 1. The van der Waals surface area contributed by atoms with Gasteiger partial charge in [-0.15, -0.1) is 0 Å². The van der Waals surface area contributed by atoms with Crippen LogP contribution in [0.5, 0.6) is 5.75 Å². The first-order valence-corrected chi connectivity index (χ1v) is 8.90. The van der Waals surface area contributed by atoms with Gasteiger partial charge in [0.1, 0.15) is 5.75 Å². The molecule has 5 heteroatoms. The van der Waals surface area contributed by atoms with Gasteiger partial charge in [-0.2, -0.15) is 5.10 Å². The lowest BCUT2D eigenvalue weighted by molar-refractivity contribution is 0.0954. The van der Waals surface area contributed by atoms with Gasteiger partial charge in [-0.05, 0) is 62.2 Å². The summed E-state index contributed by atoms with van der Waals surface area (Å²) in [6, 6.07) is 16.7. The summed E-state index contributed by atoms with van der Waals surface area (Å²) in [7, 11) is 0. The SMILES string of the molecule is CCc1ccc(-n2c(C)cc(/C=N/NC(=O)c3cccc(O)c3)c2C)cc1. The number of phenols is 1. The summed E-state index contributed by atoms with van der Waals surface area (Å²) < 4.78 is 2.16. The van der Waals surface area contributed by atoms with E-state index in [0.29, 0.717) is 5.56 Å². The third kappa shape index (κ3) is 4.08. The van der Waals surface area contributed by atoms with Gasteiger partial charge in [0.2, 0.25) is 0 Å². The van der Waals surface area contributed by atoms with Crippen LogP contribution in [-0.2, 0) is 6.42 Å². The number of hydrogen-bond donors (Lipinski definition) is 2. The summed E-state index contributed by atoms with van der Waals surface area (Å²) in [4.78, 5) is 12.1. The Balaban J connectivity index is 1.77. The van der Waals surface area contributed by atoms with Crippen molar-refractivity contribution in [3.8, 4) is 11.4 Å². The minimum Gasteiger partial charge on any atom is -0.508 e. The molecular formula is C22H23N3O2. The summed E-state index contributed by atoms with van der Waals surface area (Å²) >= 11 is 0. The topological polar surface area (TPSA) is 66.6 Å². The van der Waals surface area contributed by atoms with Gasteiger partial charge in [0.15, 0.2) is 0 Å². The summed E-state index contributed by atoms with van der Waals surface area (Å²) in [6.45, 7) is 6.21. The van der Waals surface area contributed by atoms with E-state index < -0.39 is 0 Å². The molecule has 1 aromatic heterocycles. The highest BCUT2D eigenvalue weighted by molar-refractivity contribution is 5.95. The molecule has 0 aliphatic carbocycles. The van der Waals surface area contributed by atoms with Crippen molar-refractivity contribution in [1.82, 2.24) is 9.99 Å². The number of rotatable bonds is 5. The molecule has 0 aliphatic rings. The fraction of sp³-hybridized carbons (Fsp3) is 0.182. The van der Waals surface area contributed by atoms with Gasteiger partial charge in [0.05, 0.1) is 6.21 Å². The number of carbonyl (C=O) groups excluding carboxylic acids is 1. The molecule has 1 heterocycles. The van der Waals surface area contributed by atoms with Crippen LogP contribution in [0, 0.1) is 13.8 Å². The highest BCUT2D eigenvalue weighted by atomic mass is 16.3. The summed E-state index contributed by atoms with van der Waals surface area (Å²) in [5, 5.41) is 13.5. The van der Waals surface area contributed by atoms with Gasteiger partial charge in [0.25, 0.3) is 5.91 Å². The number of hydrazone groups is 1. The first-order valence-electron chi connectivity index (χ1n) is 8.90. The third-order valence-electron chi connectivity index (χ3n) is 4.55. The normalized spacial score (nSPS) is 11.1. The van der Waals surface area contributed by atoms with Gasteiger partial charge in [0, 0.05) is 28.2 Å². The molecule has 2 N–H and O–H groups in total. The molecule has 0 radical (unpaired) electrons. The molecule has 138 valence electrons. The number of nitrogens with one attached hydrogen (secondary N) is 1. The summed E-state index contributed by atoms with van der Waals surface area (Å²) in [5.41, 5.74) is 8.33. The number of aryl methyl sites for hydroxylation is 2. The van der Waals surface area contributed by atoms with Gasteiger partial charge in [-0.3, -0.25) is 4.79 Å². The fourth-order valence-electron chi connectivity index (χ4n) is 3.07. The van der Waals surface area contributed by atoms with Crippen molar-refractivity contribution in [3.63, 3.8) is 0 Å². The molecule has 0 spiro atoms. The lowest BCUT2D eigenvalue weighted by Crippen LogP contribution is -2.17. The van der Waals surface area contributed by atoms with E-state index in [0.717, 1.165) is 29.1 Å². The standard InChI is InChI=1S/C22H23N3O2/c1-4-17-8-10-20(11-9-17)25-15(2)12-19(16(25)3)14-23-24-22(27)18-6-5-7-21(26)13-18/h5-14,26H,4H2,1-3H3,(H,24,27)/b23-14+. The average molecular weight is 361 g/mol. The Labute approximate surface area is 159 Å². The van der Waals surface area contributed by atoms with Crippen LogP contribution in [0.25, 0.3) is 5.69 Å². The number of benzene rings is 2. The Bertz CT molecular complexity index is 985. The van der Waals surface area contributed by atoms with Crippen molar-refractivity contribution in [2.75, 3.05) is 0 Å². The largest absolute Gasteiger partial charge is 0.508 e. The Kier molecular flexibility index (Phi) is 5.41. The number of hydrogen-bond acceptors (Lipinski definition) is 3. The Morgan fingerprint density at radius 1 is 1.15 bits per heavy atom. The van der Waals surface area contributed by atoms with E-state index in [4.69, 9.17) is 0 Å². The minimum atomic E-state index is -0.369. The first-order chi connectivity index (χ1) is 13.0. The van der Waals surface area contributed by atoms with E-state index in [1.54, 1.807) is 18.3 Å². The van der Waals surface area contributed by atoms with Crippen LogP contribution in [0.2, 0.25) is 0 Å². The maximum absolute atomic E-state index is 12.1. The Morgan fingerprint density at radius 2 is 1.89 bits per heavy atom. The Hall–Kier alpha value is -3.34. The number of aromatic nitrogens is 1. The highest BCUT2D eigenvalue weighted by Gasteiger charge is 2.10.